The first kappa shape index (κ1) is 25.2. The van der Waals surface area contributed by atoms with E-state index in [1.54, 1.807) is 30.3 Å². The molecule has 8 heteroatoms. The number of rotatable bonds is 10. The molecule has 3 aromatic rings. The predicted octanol–water partition coefficient (Wildman–Crippen LogP) is 4.39. The van der Waals surface area contributed by atoms with E-state index in [2.05, 4.69) is 5.10 Å². The van der Waals surface area contributed by atoms with Gasteiger partial charge in [0, 0.05) is 29.6 Å². The van der Waals surface area contributed by atoms with Crippen molar-refractivity contribution in [3.8, 4) is 17.5 Å². The molecule has 0 aliphatic carbocycles. The van der Waals surface area contributed by atoms with Gasteiger partial charge in [-0.3, -0.25) is 4.79 Å². The summed E-state index contributed by atoms with van der Waals surface area (Å²) in [6, 6.07) is 18.7. The first-order chi connectivity index (χ1) is 16.9. The standard InChI is InChI=1S/C27H28N4O4/c1-4-34-24-13-11-22(12-14-24)30(18-8-17-28)26(32)19-35-27(33)16-15-25-20(2)29-31(21(25)3)23-9-6-5-7-10-23/h5-7,9-16H,4,8,18-19H2,1-3H3/b16-15+. The second kappa shape index (κ2) is 12.2. The fourth-order valence-electron chi connectivity index (χ4n) is 3.58. The van der Waals surface area contributed by atoms with Crippen molar-refractivity contribution in [1.82, 2.24) is 9.78 Å². The zero-order valence-electron chi connectivity index (χ0n) is 20.1. The number of hydrogen-bond donors (Lipinski definition) is 0. The van der Waals surface area contributed by atoms with Crippen LogP contribution in [0.4, 0.5) is 5.69 Å². The third kappa shape index (κ3) is 6.58. The van der Waals surface area contributed by atoms with Crippen LogP contribution >= 0.6 is 0 Å². The van der Waals surface area contributed by atoms with E-state index in [1.807, 2.05) is 61.9 Å². The minimum absolute atomic E-state index is 0.150. The second-order valence-corrected chi connectivity index (χ2v) is 7.65. The van der Waals surface area contributed by atoms with Gasteiger partial charge in [-0.1, -0.05) is 18.2 Å². The van der Waals surface area contributed by atoms with Crippen molar-refractivity contribution in [3.63, 3.8) is 0 Å². The van der Waals surface area contributed by atoms with E-state index in [-0.39, 0.29) is 13.0 Å². The van der Waals surface area contributed by atoms with Crippen molar-refractivity contribution in [2.75, 3.05) is 24.7 Å². The summed E-state index contributed by atoms with van der Waals surface area (Å²) in [5, 5.41) is 13.5. The molecule has 0 spiro atoms. The highest BCUT2D eigenvalue weighted by atomic mass is 16.5. The van der Waals surface area contributed by atoms with Gasteiger partial charge in [0.1, 0.15) is 5.75 Å². The van der Waals surface area contributed by atoms with Gasteiger partial charge in [0.2, 0.25) is 0 Å². The minimum Gasteiger partial charge on any atom is -0.494 e. The molecule has 180 valence electrons. The summed E-state index contributed by atoms with van der Waals surface area (Å²) in [5.41, 5.74) is 3.98. The molecule has 0 saturated carbocycles. The summed E-state index contributed by atoms with van der Waals surface area (Å²) >= 11 is 0. The number of amides is 1. The van der Waals surface area contributed by atoms with Crippen LogP contribution in [0.15, 0.2) is 60.7 Å². The van der Waals surface area contributed by atoms with E-state index < -0.39 is 18.5 Å². The van der Waals surface area contributed by atoms with E-state index in [0.29, 0.717) is 18.0 Å². The fraction of sp³-hybridized carbons (Fsp3) is 0.259. The molecule has 2 aromatic carbocycles. The molecule has 0 saturated heterocycles. The Morgan fingerprint density at radius 1 is 1.11 bits per heavy atom. The van der Waals surface area contributed by atoms with Gasteiger partial charge >= 0.3 is 5.97 Å². The average Bonchev–Trinajstić information content (AvgIpc) is 3.16. The van der Waals surface area contributed by atoms with Gasteiger partial charge in [-0.15, -0.1) is 0 Å². The van der Waals surface area contributed by atoms with Gasteiger partial charge in [-0.05, 0) is 63.2 Å². The molecule has 0 atom stereocenters. The SMILES string of the molecule is CCOc1ccc(N(CCC#N)C(=O)COC(=O)/C=C/c2c(C)nn(-c3ccccc3)c2C)cc1. The molecule has 0 radical (unpaired) electrons. The summed E-state index contributed by atoms with van der Waals surface area (Å²) in [7, 11) is 0. The number of hydrogen-bond acceptors (Lipinski definition) is 6. The molecular weight excluding hydrogens is 444 g/mol. The monoisotopic (exact) mass is 472 g/mol. The number of aryl methyl sites for hydroxylation is 1. The Morgan fingerprint density at radius 3 is 2.49 bits per heavy atom. The molecule has 8 nitrogen and oxygen atoms in total. The maximum atomic E-state index is 12.8. The Bertz CT molecular complexity index is 1220. The lowest BCUT2D eigenvalue weighted by Gasteiger charge is -2.21. The number of anilines is 1. The van der Waals surface area contributed by atoms with Crippen LogP contribution in [-0.4, -0.2) is 41.4 Å². The van der Waals surface area contributed by atoms with Gasteiger partial charge in [-0.25, -0.2) is 9.48 Å². The molecular formula is C27H28N4O4. The summed E-state index contributed by atoms with van der Waals surface area (Å²) in [6.45, 7) is 5.95. The number of carbonyl (C=O) groups is 2. The van der Waals surface area contributed by atoms with E-state index >= 15 is 0 Å². The van der Waals surface area contributed by atoms with E-state index in [0.717, 1.165) is 22.6 Å². The summed E-state index contributed by atoms with van der Waals surface area (Å²) in [6.07, 6.45) is 3.08. The van der Waals surface area contributed by atoms with Crippen LogP contribution < -0.4 is 9.64 Å². The summed E-state index contributed by atoms with van der Waals surface area (Å²) in [5.74, 6) is -0.381. The lowest BCUT2D eigenvalue weighted by Crippen LogP contribution is -2.35. The minimum atomic E-state index is -0.642. The van der Waals surface area contributed by atoms with Crippen molar-refractivity contribution in [2.24, 2.45) is 0 Å². The second-order valence-electron chi connectivity index (χ2n) is 7.65. The van der Waals surface area contributed by atoms with Gasteiger partial charge in [0.25, 0.3) is 5.91 Å². The molecule has 1 amide bonds. The zero-order valence-corrected chi connectivity index (χ0v) is 20.1. The summed E-state index contributed by atoms with van der Waals surface area (Å²) < 4.78 is 12.4. The highest BCUT2D eigenvalue weighted by Gasteiger charge is 2.17. The number of benzene rings is 2. The average molecular weight is 473 g/mol. The van der Waals surface area contributed by atoms with Crippen molar-refractivity contribution >= 4 is 23.6 Å². The van der Waals surface area contributed by atoms with Crippen molar-refractivity contribution in [1.29, 1.82) is 5.26 Å². The van der Waals surface area contributed by atoms with Gasteiger partial charge in [0.05, 0.1) is 30.5 Å². The van der Waals surface area contributed by atoms with Gasteiger partial charge < -0.3 is 14.4 Å². The Labute approximate surface area is 205 Å². The van der Waals surface area contributed by atoms with Gasteiger partial charge in [0.15, 0.2) is 6.61 Å². The maximum absolute atomic E-state index is 12.8. The van der Waals surface area contributed by atoms with E-state index in [1.165, 1.54) is 11.0 Å². The number of nitrogens with zero attached hydrogens (tertiary/aromatic N) is 4. The Balaban J connectivity index is 1.65. The van der Waals surface area contributed by atoms with Crippen LogP contribution in [0.3, 0.4) is 0 Å². The van der Waals surface area contributed by atoms with Crippen molar-refractivity contribution < 1.29 is 19.1 Å². The number of esters is 1. The third-order valence-corrected chi connectivity index (χ3v) is 5.28. The highest BCUT2D eigenvalue weighted by Crippen LogP contribution is 2.21. The van der Waals surface area contributed by atoms with Gasteiger partial charge in [-0.2, -0.15) is 10.4 Å². The molecule has 0 aliphatic rings. The largest absolute Gasteiger partial charge is 0.494 e. The molecule has 0 fully saturated rings. The van der Waals surface area contributed by atoms with Crippen LogP contribution in [-0.2, 0) is 14.3 Å². The Morgan fingerprint density at radius 2 is 1.83 bits per heavy atom. The molecule has 0 aliphatic heterocycles. The zero-order chi connectivity index (χ0) is 25.2. The van der Waals surface area contributed by atoms with E-state index in [4.69, 9.17) is 14.7 Å². The lowest BCUT2D eigenvalue weighted by molar-refractivity contribution is -0.142. The molecule has 0 bridgehead atoms. The first-order valence-electron chi connectivity index (χ1n) is 11.3. The van der Waals surface area contributed by atoms with Crippen LogP contribution in [0.5, 0.6) is 5.75 Å². The highest BCUT2D eigenvalue weighted by molar-refractivity contribution is 5.96. The normalized spacial score (nSPS) is 10.7. The third-order valence-electron chi connectivity index (χ3n) is 5.28. The molecule has 0 unspecified atom stereocenters. The molecule has 1 heterocycles. The van der Waals surface area contributed by atoms with E-state index in [9.17, 15) is 9.59 Å². The fourth-order valence-corrected chi connectivity index (χ4v) is 3.58. The van der Waals surface area contributed by atoms with Crippen molar-refractivity contribution in [2.45, 2.75) is 27.2 Å². The first-order valence-corrected chi connectivity index (χ1v) is 11.3. The van der Waals surface area contributed by atoms with Crippen LogP contribution in [0.25, 0.3) is 11.8 Å². The summed E-state index contributed by atoms with van der Waals surface area (Å²) in [4.78, 5) is 26.5. The Hall–Kier alpha value is -4.38. The van der Waals surface area contributed by atoms with Crippen LogP contribution in [0.2, 0.25) is 0 Å². The van der Waals surface area contributed by atoms with Crippen LogP contribution in [0.1, 0.15) is 30.3 Å². The number of ether oxygens (including phenoxy) is 2. The maximum Gasteiger partial charge on any atom is 0.331 e. The van der Waals surface area contributed by atoms with Crippen molar-refractivity contribution in [3.05, 3.63) is 77.6 Å². The predicted molar refractivity (Wildman–Crippen MR) is 133 cm³/mol. The van der Waals surface area contributed by atoms with Crippen LogP contribution in [0, 0.1) is 25.2 Å². The topological polar surface area (TPSA) is 97.4 Å². The smallest absolute Gasteiger partial charge is 0.331 e. The molecule has 35 heavy (non-hydrogen) atoms. The molecule has 0 N–H and O–H groups in total. The number of aromatic nitrogens is 2. The number of para-hydroxylation sites is 1. The Kier molecular flexibility index (Phi) is 8.79. The number of carbonyl (C=O) groups excluding carboxylic acids is 2. The molecule has 3 rings (SSSR count). The molecule has 1 aromatic heterocycles. The lowest BCUT2D eigenvalue weighted by atomic mass is 10.2. The quantitative estimate of drug-likeness (QED) is 0.321. The number of nitriles is 1.